The summed E-state index contributed by atoms with van der Waals surface area (Å²) in [5.41, 5.74) is 2.47. The second-order valence-electron chi connectivity index (χ2n) is 10.1. The van der Waals surface area contributed by atoms with Crippen LogP contribution < -0.4 is 0 Å². The van der Waals surface area contributed by atoms with Gasteiger partial charge in [-0.15, -0.1) is 0 Å². The van der Waals surface area contributed by atoms with Gasteiger partial charge in [0.15, 0.2) is 11.4 Å². The van der Waals surface area contributed by atoms with Gasteiger partial charge in [0, 0.05) is 13.0 Å². The Labute approximate surface area is 230 Å². The quantitative estimate of drug-likeness (QED) is 0.212. The first-order valence-corrected chi connectivity index (χ1v) is 13.4. The molecule has 0 unspecified atom stereocenters. The summed E-state index contributed by atoms with van der Waals surface area (Å²) in [6.07, 6.45) is 2.38. The zero-order valence-electron chi connectivity index (χ0n) is 23.7. The van der Waals surface area contributed by atoms with Gasteiger partial charge in [0.25, 0.3) is 0 Å². The SMILES string of the molecule is CCCCc1nc(C(=O)OCC)c(C(=O)OCC)n1Cc1ccc(-c2ccccc2C(=O)OC(C)(C)C)cc1. The van der Waals surface area contributed by atoms with Gasteiger partial charge in [-0.3, -0.25) is 0 Å². The van der Waals surface area contributed by atoms with Gasteiger partial charge in [-0.2, -0.15) is 0 Å². The summed E-state index contributed by atoms with van der Waals surface area (Å²) in [6, 6.07) is 15.1. The lowest BCUT2D eigenvalue weighted by Crippen LogP contribution is -2.24. The predicted octanol–water partition coefficient (Wildman–Crippen LogP) is 6.25. The Morgan fingerprint density at radius 2 is 1.49 bits per heavy atom. The number of unbranched alkanes of at least 4 members (excludes halogenated alkanes) is 1. The third-order valence-corrected chi connectivity index (χ3v) is 5.89. The minimum absolute atomic E-state index is 0.0238. The molecule has 1 aromatic heterocycles. The van der Waals surface area contributed by atoms with Gasteiger partial charge in [0.2, 0.25) is 0 Å². The van der Waals surface area contributed by atoms with Crippen LogP contribution in [0.5, 0.6) is 0 Å². The normalized spacial score (nSPS) is 11.2. The van der Waals surface area contributed by atoms with Crippen molar-refractivity contribution in [2.75, 3.05) is 13.2 Å². The molecule has 39 heavy (non-hydrogen) atoms. The van der Waals surface area contributed by atoms with Crippen LogP contribution in [-0.4, -0.2) is 46.3 Å². The number of hydrogen-bond acceptors (Lipinski definition) is 7. The molecular formula is C31H38N2O6. The maximum absolute atomic E-state index is 13.0. The van der Waals surface area contributed by atoms with E-state index in [0.717, 1.165) is 29.5 Å². The van der Waals surface area contributed by atoms with Gasteiger partial charge < -0.3 is 18.8 Å². The Kier molecular flexibility index (Phi) is 10.0. The molecule has 0 N–H and O–H groups in total. The fourth-order valence-electron chi connectivity index (χ4n) is 4.16. The maximum Gasteiger partial charge on any atom is 0.359 e. The molecule has 0 bridgehead atoms. The topological polar surface area (TPSA) is 96.7 Å². The molecule has 0 aliphatic heterocycles. The minimum atomic E-state index is -0.647. The van der Waals surface area contributed by atoms with Crippen molar-refractivity contribution in [2.24, 2.45) is 0 Å². The van der Waals surface area contributed by atoms with E-state index in [9.17, 15) is 14.4 Å². The van der Waals surface area contributed by atoms with Crippen LogP contribution in [-0.2, 0) is 27.2 Å². The molecule has 1 heterocycles. The number of benzene rings is 2. The van der Waals surface area contributed by atoms with Crippen molar-refractivity contribution in [3.8, 4) is 11.1 Å². The monoisotopic (exact) mass is 534 g/mol. The number of aryl methyl sites for hydroxylation is 1. The first-order valence-electron chi connectivity index (χ1n) is 13.4. The Balaban J connectivity index is 2.00. The summed E-state index contributed by atoms with van der Waals surface area (Å²) in [5.74, 6) is -1.01. The standard InChI is InChI=1S/C31H38N2O6/c1-7-10-15-25-32-26(29(35)37-8-2)27(30(36)38-9-3)33(25)20-21-16-18-22(19-17-21)23-13-11-12-14-24(23)28(34)39-31(4,5)6/h11-14,16-19H,7-10,15,20H2,1-6H3. The number of carbonyl (C=O) groups is 3. The van der Waals surface area contributed by atoms with E-state index >= 15 is 0 Å². The molecule has 0 saturated heterocycles. The molecule has 0 aliphatic rings. The highest BCUT2D eigenvalue weighted by atomic mass is 16.6. The van der Waals surface area contributed by atoms with Crippen molar-refractivity contribution in [2.45, 2.75) is 73.0 Å². The van der Waals surface area contributed by atoms with Crippen molar-refractivity contribution in [1.29, 1.82) is 0 Å². The number of hydrogen-bond donors (Lipinski definition) is 0. The summed E-state index contributed by atoms with van der Waals surface area (Å²) in [4.78, 5) is 43.0. The molecule has 0 fully saturated rings. The minimum Gasteiger partial charge on any atom is -0.461 e. The first kappa shape index (κ1) is 29.6. The van der Waals surface area contributed by atoms with Crippen LogP contribution in [0, 0.1) is 0 Å². The Hall–Kier alpha value is -3.94. The molecule has 0 radical (unpaired) electrons. The molecule has 3 aromatic rings. The summed E-state index contributed by atoms with van der Waals surface area (Å²) < 4.78 is 17.8. The van der Waals surface area contributed by atoms with Crippen LogP contribution in [0.25, 0.3) is 11.1 Å². The highest BCUT2D eigenvalue weighted by Gasteiger charge is 2.29. The van der Waals surface area contributed by atoms with Crippen LogP contribution in [0.2, 0.25) is 0 Å². The zero-order chi connectivity index (χ0) is 28.6. The van der Waals surface area contributed by atoms with Crippen LogP contribution >= 0.6 is 0 Å². The molecule has 2 aromatic carbocycles. The van der Waals surface area contributed by atoms with Crippen molar-refractivity contribution in [3.63, 3.8) is 0 Å². The van der Waals surface area contributed by atoms with E-state index in [2.05, 4.69) is 11.9 Å². The van der Waals surface area contributed by atoms with E-state index in [4.69, 9.17) is 14.2 Å². The highest BCUT2D eigenvalue weighted by molar-refractivity contribution is 6.01. The molecule has 0 saturated carbocycles. The number of imidazole rings is 1. The van der Waals surface area contributed by atoms with Gasteiger partial charge in [0.05, 0.1) is 18.8 Å². The maximum atomic E-state index is 13.0. The van der Waals surface area contributed by atoms with E-state index < -0.39 is 17.5 Å². The molecule has 8 nitrogen and oxygen atoms in total. The number of esters is 3. The second kappa shape index (κ2) is 13.2. The molecule has 0 aliphatic carbocycles. The lowest BCUT2D eigenvalue weighted by molar-refractivity contribution is 0.00699. The lowest BCUT2D eigenvalue weighted by Gasteiger charge is -2.20. The number of ether oxygens (including phenoxy) is 3. The van der Waals surface area contributed by atoms with Crippen LogP contribution in [0.3, 0.4) is 0 Å². The highest BCUT2D eigenvalue weighted by Crippen LogP contribution is 2.27. The summed E-state index contributed by atoms with van der Waals surface area (Å²) in [6.45, 7) is 11.7. The first-order chi connectivity index (χ1) is 18.6. The average Bonchev–Trinajstić information content (AvgIpc) is 3.25. The fraction of sp³-hybridized carbons (Fsp3) is 0.419. The van der Waals surface area contributed by atoms with Crippen molar-refractivity contribution >= 4 is 17.9 Å². The Bertz CT molecular complexity index is 1300. The van der Waals surface area contributed by atoms with Crippen LogP contribution in [0.4, 0.5) is 0 Å². The fourth-order valence-corrected chi connectivity index (χ4v) is 4.16. The van der Waals surface area contributed by atoms with E-state index in [0.29, 0.717) is 24.4 Å². The molecule has 0 spiro atoms. The number of nitrogens with zero attached hydrogens (tertiary/aromatic N) is 2. The average molecular weight is 535 g/mol. The van der Waals surface area contributed by atoms with Crippen LogP contribution in [0.1, 0.15) is 97.1 Å². The van der Waals surface area contributed by atoms with Crippen molar-refractivity contribution in [3.05, 3.63) is 76.9 Å². The Morgan fingerprint density at radius 3 is 2.10 bits per heavy atom. The zero-order valence-corrected chi connectivity index (χ0v) is 23.7. The molecular weight excluding hydrogens is 496 g/mol. The van der Waals surface area contributed by atoms with E-state index in [1.165, 1.54) is 0 Å². The van der Waals surface area contributed by atoms with Gasteiger partial charge >= 0.3 is 17.9 Å². The summed E-state index contributed by atoms with van der Waals surface area (Å²) in [5, 5.41) is 0. The third kappa shape index (κ3) is 7.56. The van der Waals surface area contributed by atoms with Crippen molar-refractivity contribution in [1.82, 2.24) is 9.55 Å². The molecule has 0 amide bonds. The number of rotatable bonds is 11. The largest absolute Gasteiger partial charge is 0.461 e. The Morgan fingerprint density at radius 1 is 0.846 bits per heavy atom. The van der Waals surface area contributed by atoms with Gasteiger partial charge in [-0.25, -0.2) is 19.4 Å². The molecule has 8 heteroatoms. The second-order valence-corrected chi connectivity index (χ2v) is 10.1. The lowest BCUT2D eigenvalue weighted by atomic mass is 9.98. The molecule has 208 valence electrons. The van der Waals surface area contributed by atoms with E-state index in [1.807, 2.05) is 63.2 Å². The van der Waals surface area contributed by atoms with E-state index in [1.54, 1.807) is 24.5 Å². The van der Waals surface area contributed by atoms with E-state index in [-0.39, 0.29) is 30.6 Å². The van der Waals surface area contributed by atoms with Crippen LogP contribution in [0.15, 0.2) is 48.5 Å². The number of aromatic nitrogens is 2. The predicted molar refractivity (Wildman–Crippen MR) is 149 cm³/mol. The van der Waals surface area contributed by atoms with Crippen molar-refractivity contribution < 1.29 is 28.6 Å². The van der Waals surface area contributed by atoms with Gasteiger partial charge in [0.1, 0.15) is 11.4 Å². The van der Waals surface area contributed by atoms with Gasteiger partial charge in [-0.05, 0) is 63.8 Å². The molecule has 0 atom stereocenters. The molecule has 3 rings (SSSR count). The summed E-state index contributed by atoms with van der Waals surface area (Å²) in [7, 11) is 0. The third-order valence-electron chi connectivity index (χ3n) is 5.89. The smallest absolute Gasteiger partial charge is 0.359 e. The van der Waals surface area contributed by atoms with Gasteiger partial charge in [-0.1, -0.05) is 55.8 Å². The summed E-state index contributed by atoms with van der Waals surface area (Å²) >= 11 is 0. The number of carbonyl (C=O) groups excluding carboxylic acids is 3.